The standard InChI is InChI=1S/C31H36N2O3/c1-8-20(2)22-11-18-27-26(19-22)33-28(35-27)21-9-14-24(15-10-21)32-29(34)31(6,7)36-25-16-12-23(13-17-25)30(3,4)5/h9-20H,8H2,1-7H3,(H,32,34)/t20-/m0/s1. The molecule has 188 valence electrons. The molecule has 4 aromatic rings. The molecule has 5 heteroatoms. The monoisotopic (exact) mass is 484 g/mol. The number of amides is 1. The topological polar surface area (TPSA) is 64.4 Å². The van der Waals surface area contributed by atoms with E-state index in [9.17, 15) is 4.79 Å². The number of carbonyl (C=O) groups excluding carboxylic acids is 1. The first-order valence-electron chi connectivity index (χ1n) is 12.6. The Hall–Kier alpha value is -3.60. The van der Waals surface area contributed by atoms with E-state index in [-0.39, 0.29) is 11.3 Å². The minimum absolute atomic E-state index is 0.0616. The van der Waals surface area contributed by atoms with Gasteiger partial charge in [-0.1, -0.05) is 52.8 Å². The van der Waals surface area contributed by atoms with Gasteiger partial charge in [-0.15, -0.1) is 0 Å². The van der Waals surface area contributed by atoms with E-state index in [2.05, 4.69) is 57.1 Å². The van der Waals surface area contributed by atoms with Crippen molar-refractivity contribution >= 4 is 22.7 Å². The number of ether oxygens (including phenoxy) is 1. The van der Waals surface area contributed by atoms with Crippen molar-refractivity contribution in [3.05, 3.63) is 77.9 Å². The van der Waals surface area contributed by atoms with Crippen LogP contribution < -0.4 is 10.1 Å². The van der Waals surface area contributed by atoms with E-state index < -0.39 is 5.60 Å². The van der Waals surface area contributed by atoms with Gasteiger partial charge < -0.3 is 14.5 Å². The van der Waals surface area contributed by atoms with Crippen molar-refractivity contribution < 1.29 is 13.9 Å². The maximum Gasteiger partial charge on any atom is 0.267 e. The summed E-state index contributed by atoms with van der Waals surface area (Å²) >= 11 is 0. The number of oxazole rings is 1. The van der Waals surface area contributed by atoms with Crippen LogP contribution in [-0.2, 0) is 10.2 Å². The molecule has 0 fully saturated rings. The summed E-state index contributed by atoms with van der Waals surface area (Å²) in [5, 5.41) is 2.95. The highest BCUT2D eigenvalue weighted by Crippen LogP contribution is 2.29. The van der Waals surface area contributed by atoms with E-state index in [1.165, 1.54) is 11.1 Å². The molecule has 0 aliphatic rings. The second-order valence-electron chi connectivity index (χ2n) is 11.0. The summed E-state index contributed by atoms with van der Waals surface area (Å²) < 4.78 is 12.0. The third kappa shape index (κ3) is 5.62. The van der Waals surface area contributed by atoms with Crippen LogP contribution in [0.5, 0.6) is 5.75 Å². The van der Waals surface area contributed by atoms with Crippen LogP contribution in [0.4, 0.5) is 5.69 Å². The van der Waals surface area contributed by atoms with Crippen LogP contribution >= 0.6 is 0 Å². The minimum Gasteiger partial charge on any atom is -0.478 e. The van der Waals surface area contributed by atoms with Crippen molar-refractivity contribution in [2.45, 2.75) is 71.8 Å². The Morgan fingerprint density at radius 2 is 1.64 bits per heavy atom. The molecule has 1 heterocycles. The summed E-state index contributed by atoms with van der Waals surface area (Å²) in [6.45, 7) is 14.4. The molecule has 0 aliphatic heterocycles. The predicted octanol–water partition coefficient (Wildman–Crippen LogP) is 8.10. The fourth-order valence-electron chi connectivity index (χ4n) is 3.95. The molecule has 4 rings (SSSR count). The highest BCUT2D eigenvalue weighted by molar-refractivity contribution is 5.97. The van der Waals surface area contributed by atoms with E-state index in [0.29, 0.717) is 23.2 Å². The van der Waals surface area contributed by atoms with Gasteiger partial charge in [-0.05, 0) is 91.3 Å². The van der Waals surface area contributed by atoms with Gasteiger partial charge in [0.05, 0.1) is 0 Å². The van der Waals surface area contributed by atoms with Crippen molar-refractivity contribution in [2.24, 2.45) is 0 Å². The van der Waals surface area contributed by atoms with Gasteiger partial charge in [0, 0.05) is 11.3 Å². The summed E-state index contributed by atoms with van der Waals surface area (Å²) in [6.07, 6.45) is 1.08. The number of nitrogens with zero attached hydrogens (tertiary/aromatic N) is 1. The maximum atomic E-state index is 13.0. The summed E-state index contributed by atoms with van der Waals surface area (Å²) in [6, 6.07) is 21.6. The fraction of sp³-hybridized carbons (Fsp3) is 0.355. The Morgan fingerprint density at radius 1 is 0.972 bits per heavy atom. The number of anilines is 1. The smallest absolute Gasteiger partial charge is 0.267 e. The van der Waals surface area contributed by atoms with Gasteiger partial charge in [0.2, 0.25) is 5.89 Å². The second kappa shape index (κ2) is 9.81. The van der Waals surface area contributed by atoms with E-state index in [4.69, 9.17) is 9.15 Å². The minimum atomic E-state index is -1.05. The number of hydrogen-bond acceptors (Lipinski definition) is 4. The Labute approximate surface area is 213 Å². The lowest BCUT2D eigenvalue weighted by atomic mass is 9.87. The molecule has 0 bridgehead atoms. The molecule has 0 unspecified atom stereocenters. The SMILES string of the molecule is CC[C@H](C)c1ccc2oc(-c3ccc(NC(=O)C(C)(C)Oc4ccc(C(C)(C)C)cc4)cc3)nc2c1. The molecular weight excluding hydrogens is 448 g/mol. The van der Waals surface area contributed by atoms with Crippen LogP contribution in [0.2, 0.25) is 0 Å². The number of fused-ring (bicyclic) bond motifs is 1. The molecule has 0 saturated heterocycles. The number of benzene rings is 3. The molecule has 1 amide bonds. The molecular formula is C31H36N2O3. The summed E-state index contributed by atoms with van der Waals surface area (Å²) in [7, 11) is 0. The first kappa shape index (κ1) is 25.5. The van der Waals surface area contributed by atoms with Crippen LogP contribution in [0.15, 0.2) is 71.1 Å². The van der Waals surface area contributed by atoms with Crippen LogP contribution in [0, 0.1) is 0 Å². The van der Waals surface area contributed by atoms with E-state index in [1.807, 2.05) is 54.6 Å². The molecule has 1 aromatic heterocycles. The zero-order valence-electron chi connectivity index (χ0n) is 22.3. The van der Waals surface area contributed by atoms with Crippen LogP contribution in [0.3, 0.4) is 0 Å². The van der Waals surface area contributed by atoms with Gasteiger partial charge in [0.15, 0.2) is 11.2 Å². The quantitative estimate of drug-likeness (QED) is 0.288. The molecule has 0 aliphatic carbocycles. The zero-order chi connectivity index (χ0) is 26.1. The Bertz CT molecular complexity index is 1340. The second-order valence-corrected chi connectivity index (χ2v) is 11.0. The Kier molecular flexibility index (Phi) is 6.94. The first-order chi connectivity index (χ1) is 17.0. The van der Waals surface area contributed by atoms with Crippen molar-refractivity contribution in [1.29, 1.82) is 0 Å². The molecule has 36 heavy (non-hydrogen) atoms. The van der Waals surface area contributed by atoms with Crippen molar-refractivity contribution in [3.8, 4) is 17.2 Å². The summed E-state index contributed by atoms with van der Waals surface area (Å²) in [4.78, 5) is 17.7. The largest absolute Gasteiger partial charge is 0.478 e. The van der Waals surface area contributed by atoms with Crippen LogP contribution in [0.25, 0.3) is 22.6 Å². The zero-order valence-corrected chi connectivity index (χ0v) is 22.3. The van der Waals surface area contributed by atoms with Gasteiger partial charge in [0.25, 0.3) is 5.91 Å². The third-order valence-corrected chi connectivity index (χ3v) is 6.62. The predicted molar refractivity (Wildman–Crippen MR) is 147 cm³/mol. The van der Waals surface area contributed by atoms with Crippen molar-refractivity contribution in [2.75, 3.05) is 5.32 Å². The number of carbonyl (C=O) groups is 1. The van der Waals surface area contributed by atoms with Gasteiger partial charge in [-0.25, -0.2) is 4.98 Å². The lowest BCUT2D eigenvalue weighted by Gasteiger charge is -2.26. The summed E-state index contributed by atoms with van der Waals surface area (Å²) in [5.41, 5.74) is 4.65. The van der Waals surface area contributed by atoms with Gasteiger partial charge in [-0.2, -0.15) is 0 Å². The molecule has 0 radical (unpaired) electrons. The van der Waals surface area contributed by atoms with Gasteiger partial charge in [-0.3, -0.25) is 4.79 Å². The molecule has 3 aromatic carbocycles. The molecule has 5 nitrogen and oxygen atoms in total. The van der Waals surface area contributed by atoms with Crippen molar-refractivity contribution in [1.82, 2.24) is 4.98 Å². The average molecular weight is 485 g/mol. The number of hydrogen-bond donors (Lipinski definition) is 1. The Balaban J connectivity index is 1.44. The fourth-order valence-corrected chi connectivity index (χ4v) is 3.95. The molecule has 0 saturated carbocycles. The molecule has 0 spiro atoms. The normalized spacial score (nSPS) is 13.0. The number of rotatable bonds is 7. The van der Waals surface area contributed by atoms with E-state index >= 15 is 0 Å². The average Bonchev–Trinajstić information content (AvgIpc) is 3.27. The highest BCUT2D eigenvalue weighted by Gasteiger charge is 2.30. The molecule has 1 atom stereocenters. The van der Waals surface area contributed by atoms with Crippen LogP contribution in [-0.4, -0.2) is 16.5 Å². The van der Waals surface area contributed by atoms with Crippen molar-refractivity contribution in [3.63, 3.8) is 0 Å². The summed E-state index contributed by atoms with van der Waals surface area (Å²) in [5.74, 6) is 1.47. The lowest BCUT2D eigenvalue weighted by Crippen LogP contribution is -2.42. The maximum absolute atomic E-state index is 13.0. The Morgan fingerprint density at radius 3 is 2.25 bits per heavy atom. The van der Waals surface area contributed by atoms with E-state index in [0.717, 1.165) is 23.1 Å². The van der Waals surface area contributed by atoms with Crippen LogP contribution in [0.1, 0.15) is 71.9 Å². The third-order valence-electron chi connectivity index (χ3n) is 6.62. The number of nitrogens with one attached hydrogen (secondary N) is 1. The highest BCUT2D eigenvalue weighted by atomic mass is 16.5. The number of aromatic nitrogens is 1. The van der Waals surface area contributed by atoms with Gasteiger partial charge >= 0.3 is 0 Å². The first-order valence-corrected chi connectivity index (χ1v) is 12.6. The molecule has 1 N–H and O–H groups in total. The van der Waals surface area contributed by atoms with E-state index in [1.54, 1.807) is 13.8 Å². The lowest BCUT2D eigenvalue weighted by molar-refractivity contribution is -0.128. The van der Waals surface area contributed by atoms with Gasteiger partial charge in [0.1, 0.15) is 11.3 Å².